The number of ether oxygens (including phenoxy) is 2. The zero-order chi connectivity index (χ0) is 21.4. The molecule has 0 saturated carbocycles. The highest BCUT2D eigenvalue weighted by atomic mass is 32.2. The van der Waals surface area contributed by atoms with Crippen molar-refractivity contribution in [2.75, 3.05) is 11.5 Å². The molecule has 2 amide bonds. The summed E-state index contributed by atoms with van der Waals surface area (Å²) in [5, 5.41) is 5.91. The summed E-state index contributed by atoms with van der Waals surface area (Å²) in [6.45, 7) is 19.4. The van der Waals surface area contributed by atoms with E-state index in [1.165, 1.54) is 0 Å². The van der Waals surface area contributed by atoms with E-state index >= 15 is 0 Å². The van der Waals surface area contributed by atoms with Crippen molar-refractivity contribution in [2.45, 2.75) is 92.5 Å². The van der Waals surface area contributed by atoms with Gasteiger partial charge in [-0.25, -0.2) is 9.59 Å². The molecule has 0 aromatic carbocycles. The summed E-state index contributed by atoms with van der Waals surface area (Å²) in [7, 11) is 0. The minimum absolute atomic E-state index is 0.000751. The first-order valence-electron chi connectivity index (χ1n) is 9.67. The SMILES string of the molecule is CC(C)[C@@H](CSC[C@@H](NC(=O)OC(C)(C)C)C(C)C)NC(=O)OC(C)(C)C. The van der Waals surface area contributed by atoms with Crippen LogP contribution >= 0.6 is 11.8 Å². The van der Waals surface area contributed by atoms with Gasteiger partial charge in [-0.3, -0.25) is 0 Å². The number of hydrogen-bond donors (Lipinski definition) is 2. The van der Waals surface area contributed by atoms with Crippen molar-refractivity contribution in [3.05, 3.63) is 0 Å². The molecule has 2 atom stereocenters. The first-order chi connectivity index (χ1) is 12.1. The quantitative estimate of drug-likeness (QED) is 0.606. The molecule has 0 heterocycles. The molecule has 0 fully saturated rings. The molecule has 0 spiro atoms. The van der Waals surface area contributed by atoms with Crippen LogP contribution < -0.4 is 10.6 Å². The molecule has 27 heavy (non-hydrogen) atoms. The summed E-state index contributed by atoms with van der Waals surface area (Å²) in [6, 6.07) is -0.00150. The first kappa shape index (κ1) is 25.9. The van der Waals surface area contributed by atoms with E-state index in [1.54, 1.807) is 11.8 Å². The monoisotopic (exact) mass is 404 g/mol. The summed E-state index contributed by atoms with van der Waals surface area (Å²) < 4.78 is 10.7. The average Bonchev–Trinajstić information content (AvgIpc) is 2.40. The predicted molar refractivity (Wildman–Crippen MR) is 113 cm³/mol. The normalized spacial score (nSPS) is 14.7. The van der Waals surface area contributed by atoms with Crippen LogP contribution in [0.25, 0.3) is 0 Å². The molecule has 0 aromatic rings. The van der Waals surface area contributed by atoms with Crippen LogP contribution in [-0.4, -0.2) is 47.0 Å². The Bertz CT molecular complexity index is 426. The zero-order valence-corrected chi connectivity index (χ0v) is 19.6. The van der Waals surface area contributed by atoms with Crippen LogP contribution in [-0.2, 0) is 9.47 Å². The summed E-state index contributed by atoms with van der Waals surface area (Å²) in [4.78, 5) is 24.1. The van der Waals surface area contributed by atoms with E-state index in [-0.39, 0.29) is 23.9 Å². The number of hydrogen-bond acceptors (Lipinski definition) is 5. The molecule has 0 bridgehead atoms. The van der Waals surface area contributed by atoms with Crippen LogP contribution in [0.15, 0.2) is 0 Å². The van der Waals surface area contributed by atoms with Crippen molar-refractivity contribution in [3.63, 3.8) is 0 Å². The fourth-order valence-electron chi connectivity index (χ4n) is 2.04. The summed E-state index contributed by atoms with van der Waals surface area (Å²) >= 11 is 1.71. The van der Waals surface area contributed by atoms with Crippen molar-refractivity contribution < 1.29 is 19.1 Å². The second-order valence-corrected chi connectivity index (χ2v) is 10.6. The number of nitrogens with one attached hydrogen (secondary N) is 2. The predicted octanol–water partition coefficient (Wildman–Crippen LogP) is 4.82. The number of carbonyl (C=O) groups is 2. The number of rotatable bonds is 8. The molecule has 0 radical (unpaired) electrons. The minimum Gasteiger partial charge on any atom is -0.444 e. The third kappa shape index (κ3) is 13.7. The van der Waals surface area contributed by atoms with Crippen LogP contribution in [0.4, 0.5) is 9.59 Å². The number of alkyl carbamates (subject to hydrolysis) is 2. The fraction of sp³-hybridized carbons (Fsp3) is 0.900. The first-order valence-corrected chi connectivity index (χ1v) is 10.8. The van der Waals surface area contributed by atoms with Gasteiger partial charge in [-0.15, -0.1) is 0 Å². The Labute approximate surface area is 169 Å². The summed E-state index contributed by atoms with van der Waals surface area (Å²) in [5.41, 5.74) is -1.03. The molecular weight excluding hydrogens is 364 g/mol. The molecule has 2 N–H and O–H groups in total. The average molecular weight is 405 g/mol. The maximum Gasteiger partial charge on any atom is 0.407 e. The molecule has 0 aliphatic heterocycles. The van der Waals surface area contributed by atoms with Gasteiger partial charge in [-0.05, 0) is 53.4 Å². The maximum absolute atomic E-state index is 12.0. The lowest BCUT2D eigenvalue weighted by molar-refractivity contribution is 0.0487. The van der Waals surface area contributed by atoms with Gasteiger partial charge in [0.15, 0.2) is 0 Å². The van der Waals surface area contributed by atoms with E-state index in [2.05, 4.69) is 38.3 Å². The van der Waals surface area contributed by atoms with Gasteiger partial charge in [0, 0.05) is 23.6 Å². The number of carbonyl (C=O) groups excluding carboxylic acids is 2. The minimum atomic E-state index is -0.515. The van der Waals surface area contributed by atoms with Gasteiger partial charge in [0.2, 0.25) is 0 Å². The largest absolute Gasteiger partial charge is 0.444 e. The molecule has 7 heteroatoms. The Morgan fingerprint density at radius 2 is 1.04 bits per heavy atom. The standard InChI is InChI=1S/C20H40N2O4S/c1-13(2)15(21-17(23)25-19(5,6)7)11-27-12-16(14(3)4)22-18(24)26-20(8,9)10/h13-16H,11-12H2,1-10H3,(H,21,23)(H,22,24)/t15-,16-/m1/s1. The molecule has 160 valence electrons. The van der Waals surface area contributed by atoms with Crippen LogP contribution in [0.2, 0.25) is 0 Å². The smallest absolute Gasteiger partial charge is 0.407 e. The highest BCUT2D eigenvalue weighted by Gasteiger charge is 2.24. The molecular formula is C20H40N2O4S. The summed E-state index contributed by atoms with van der Waals surface area (Å²) in [6.07, 6.45) is -0.789. The van der Waals surface area contributed by atoms with Crippen molar-refractivity contribution in [3.8, 4) is 0 Å². The Kier molecular flexibility index (Phi) is 10.6. The lowest BCUT2D eigenvalue weighted by Crippen LogP contribution is -2.45. The Morgan fingerprint density at radius 3 is 1.26 bits per heavy atom. The summed E-state index contributed by atoms with van der Waals surface area (Å²) in [5.74, 6) is 2.05. The van der Waals surface area contributed by atoms with Crippen molar-refractivity contribution in [2.24, 2.45) is 11.8 Å². The van der Waals surface area contributed by atoms with Gasteiger partial charge in [-0.1, -0.05) is 27.7 Å². The third-order valence-corrected chi connectivity index (χ3v) is 4.80. The molecule has 0 aromatic heterocycles. The zero-order valence-electron chi connectivity index (χ0n) is 18.8. The van der Waals surface area contributed by atoms with Crippen LogP contribution in [0, 0.1) is 11.8 Å². The molecule has 0 unspecified atom stereocenters. The second kappa shape index (κ2) is 11.0. The number of thioether (sulfide) groups is 1. The van der Waals surface area contributed by atoms with Crippen molar-refractivity contribution >= 4 is 23.9 Å². The van der Waals surface area contributed by atoms with Crippen LogP contribution in [0.1, 0.15) is 69.2 Å². The van der Waals surface area contributed by atoms with Gasteiger partial charge < -0.3 is 20.1 Å². The van der Waals surface area contributed by atoms with E-state index in [1.807, 2.05) is 41.5 Å². The third-order valence-electron chi connectivity index (χ3n) is 3.61. The van der Waals surface area contributed by atoms with Gasteiger partial charge in [0.1, 0.15) is 11.2 Å². The van der Waals surface area contributed by atoms with Crippen molar-refractivity contribution in [1.82, 2.24) is 10.6 Å². The van der Waals surface area contributed by atoms with E-state index in [0.717, 1.165) is 11.5 Å². The topological polar surface area (TPSA) is 76.7 Å². The Hall–Kier alpha value is -1.11. The maximum atomic E-state index is 12.0. The highest BCUT2D eigenvalue weighted by Crippen LogP contribution is 2.17. The van der Waals surface area contributed by atoms with Crippen LogP contribution in [0.5, 0.6) is 0 Å². The molecule has 0 rings (SSSR count). The Morgan fingerprint density at radius 1 is 0.741 bits per heavy atom. The van der Waals surface area contributed by atoms with Gasteiger partial charge in [0.05, 0.1) is 0 Å². The highest BCUT2D eigenvalue weighted by molar-refractivity contribution is 7.99. The lowest BCUT2D eigenvalue weighted by atomic mass is 10.1. The van der Waals surface area contributed by atoms with Gasteiger partial charge in [-0.2, -0.15) is 11.8 Å². The van der Waals surface area contributed by atoms with Gasteiger partial charge >= 0.3 is 12.2 Å². The molecule has 0 saturated heterocycles. The lowest BCUT2D eigenvalue weighted by Gasteiger charge is -2.28. The van der Waals surface area contributed by atoms with E-state index in [9.17, 15) is 9.59 Å². The number of amides is 2. The van der Waals surface area contributed by atoms with Gasteiger partial charge in [0.25, 0.3) is 0 Å². The van der Waals surface area contributed by atoms with E-state index < -0.39 is 23.4 Å². The second-order valence-electron chi connectivity index (χ2n) is 9.53. The fourth-order valence-corrected chi connectivity index (χ4v) is 3.62. The molecule has 6 nitrogen and oxygen atoms in total. The van der Waals surface area contributed by atoms with E-state index in [4.69, 9.17) is 9.47 Å². The molecule has 0 aliphatic carbocycles. The van der Waals surface area contributed by atoms with E-state index in [0.29, 0.717) is 0 Å². The van der Waals surface area contributed by atoms with Crippen LogP contribution in [0.3, 0.4) is 0 Å². The molecule has 0 aliphatic rings. The Balaban J connectivity index is 4.60. The van der Waals surface area contributed by atoms with Crippen molar-refractivity contribution in [1.29, 1.82) is 0 Å².